The van der Waals surface area contributed by atoms with Gasteiger partial charge in [0.15, 0.2) is 5.82 Å². The molecule has 7 heteroatoms. The molecule has 0 atom stereocenters. The number of hydrogen-bond acceptors (Lipinski definition) is 5. The molecule has 0 saturated heterocycles. The van der Waals surface area contributed by atoms with Crippen LogP contribution in [0.15, 0.2) is 42.5 Å². The first-order chi connectivity index (χ1) is 13.0. The zero-order valence-corrected chi connectivity index (χ0v) is 15.9. The molecule has 0 bridgehead atoms. The molecule has 0 aliphatic heterocycles. The van der Waals surface area contributed by atoms with Crippen molar-refractivity contribution in [3.8, 4) is 5.75 Å². The quantitative estimate of drug-likeness (QED) is 0.720. The first-order valence-corrected chi connectivity index (χ1v) is 8.83. The minimum atomic E-state index is -0.154. The summed E-state index contributed by atoms with van der Waals surface area (Å²) in [6.45, 7) is 8.28. The molecule has 1 N–H and O–H groups in total. The largest absolute Gasteiger partial charge is 0.486 e. The third-order valence-corrected chi connectivity index (χ3v) is 4.39. The highest BCUT2D eigenvalue weighted by atomic mass is 16.5. The fourth-order valence-electron chi connectivity index (χ4n) is 2.64. The topological polar surface area (TPSA) is 81.9 Å². The van der Waals surface area contributed by atoms with E-state index in [0.717, 1.165) is 16.8 Å². The van der Waals surface area contributed by atoms with Crippen molar-refractivity contribution in [1.29, 1.82) is 0 Å². The second kappa shape index (κ2) is 7.99. The van der Waals surface area contributed by atoms with Gasteiger partial charge in [-0.25, -0.2) is 4.68 Å². The van der Waals surface area contributed by atoms with Gasteiger partial charge >= 0.3 is 0 Å². The average molecular weight is 365 g/mol. The highest BCUT2D eigenvalue weighted by Gasteiger charge is 2.11. The molecule has 3 rings (SSSR count). The van der Waals surface area contributed by atoms with E-state index in [2.05, 4.69) is 20.8 Å². The number of carbonyl (C=O) groups excluding carboxylic acids is 1. The fourth-order valence-corrected chi connectivity index (χ4v) is 2.64. The summed E-state index contributed by atoms with van der Waals surface area (Å²) in [4.78, 5) is 12.5. The molecule has 140 valence electrons. The number of tetrazole rings is 1. The van der Waals surface area contributed by atoms with Crippen LogP contribution in [0.3, 0.4) is 0 Å². The maximum absolute atomic E-state index is 12.5. The number of aromatic nitrogens is 4. The Morgan fingerprint density at radius 2 is 1.89 bits per heavy atom. The summed E-state index contributed by atoms with van der Waals surface area (Å²) in [7, 11) is 0. The molecule has 0 saturated carbocycles. The Morgan fingerprint density at radius 3 is 2.59 bits per heavy atom. The minimum Gasteiger partial charge on any atom is -0.486 e. The average Bonchev–Trinajstić information content (AvgIpc) is 3.13. The lowest BCUT2D eigenvalue weighted by molar-refractivity contribution is 0.102. The summed E-state index contributed by atoms with van der Waals surface area (Å²) in [5.74, 6) is 1.15. The molecule has 0 aliphatic rings. The SMILES string of the molecule is Cc1cccc(NC(=O)c2ccc(OCc3nnnn3C(C)C)cc2)c1C. The number of amides is 1. The van der Waals surface area contributed by atoms with Gasteiger partial charge in [-0.15, -0.1) is 5.10 Å². The highest BCUT2D eigenvalue weighted by Crippen LogP contribution is 2.20. The second-order valence-electron chi connectivity index (χ2n) is 6.65. The number of ether oxygens (including phenoxy) is 1. The van der Waals surface area contributed by atoms with E-state index in [9.17, 15) is 4.79 Å². The van der Waals surface area contributed by atoms with Gasteiger partial charge in [0.2, 0.25) is 0 Å². The first-order valence-electron chi connectivity index (χ1n) is 8.83. The van der Waals surface area contributed by atoms with Gasteiger partial charge in [-0.3, -0.25) is 4.79 Å². The second-order valence-corrected chi connectivity index (χ2v) is 6.65. The van der Waals surface area contributed by atoms with E-state index in [1.165, 1.54) is 0 Å². The number of hydrogen-bond donors (Lipinski definition) is 1. The van der Waals surface area contributed by atoms with Gasteiger partial charge in [0.1, 0.15) is 12.4 Å². The lowest BCUT2D eigenvalue weighted by Gasteiger charge is -2.11. The van der Waals surface area contributed by atoms with Crippen molar-refractivity contribution in [3.63, 3.8) is 0 Å². The van der Waals surface area contributed by atoms with E-state index in [1.807, 2.05) is 45.9 Å². The van der Waals surface area contributed by atoms with Crippen molar-refractivity contribution in [2.24, 2.45) is 0 Å². The van der Waals surface area contributed by atoms with Crippen LogP contribution in [-0.2, 0) is 6.61 Å². The molecule has 7 nitrogen and oxygen atoms in total. The van der Waals surface area contributed by atoms with Crippen molar-refractivity contribution in [2.75, 3.05) is 5.32 Å². The van der Waals surface area contributed by atoms with Gasteiger partial charge in [0, 0.05) is 11.3 Å². The van der Waals surface area contributed by atoms with E-state index >= 15 is 0 Å². The van der Waals surface area contributed by atoms with Crippen molar-refractivity contribution >= 4 is 11.6 Å². The minimum absolute atomic E-state index is 0.154. The monoisotopic (exact) mass is 365 g/mol. The smallest absolute Gasteiger partial charge is 0.255 e. The molecule has 0 unspecified atom stereocenters. The van der Waals surface area contributed by atoms with Gasteiger partial charge in [0.05, 0.1) is 6.04 Å². The Balaban J connectivity index is 1.63. The summed E-state index contributed by atoms with van der Waals surface area (Å²) in [6, 6.07) is 13.0. The lowest BCUT2D eigenvalue weighted by Crippen LogP contribution is -2.13. The van der Waals surface area contributed by atoms with Crippen molar-refractivity contribution < 1.29 is 9.53 Å². The van der Waals surface area contributed by atoms with Crippen LogP contribution in [0.5, 0.6) is 5.75 Å². The molecular formula is C20H23N5O2. The number of nitrogens with one attached hydrogen (secondary N) is 1. The van der Waals surface area contributed by atoms with Crippen LogP contribution < -0.4 is 10.1 Å². The predicted octanol–water partition coefficient (Wildman–Crippen LogP) is 3.70. The molecule has 1 amide bonds. The summed E-state index contributed by atoms with van der Waals surface area (Å²) >= 11 is 0. The standard InChI is InChI=1S/C20H23N5O2/c1-13(2)25-19(22-23-24-25)12-27-17-10-8-16(9-11-17)20(26)21-18-7-5-6-14(3)15(18)4/h5-11,13H,12H2,1-4H3,(H,21,26). The maximum atomic E-state index is 12.5. The third kappa shape index (κ3) is 4.31. The number of aryl methyl sites for hydroxylation is 1. The molecule has 0 spiro atoms. The molecule has 2 aromatic carbocycles. The summed E-state index contributed by atoms with van der Waals surface area (Å²) in [5.41, 5.74) is 3.59. The normalized spacial score (nSPS) is 10.9. The van der Waals surface area contributed by atoms with Crippen molar-refractivity contribution in [1.82, 2.24) is 20.2 Å². The molecule has 3 aromatic rings. The molecule has 0 radical (unpaired) electrons. The van der Waals surface area contributed by atoms with Gasteiger partial charge in [-0.1, -0.05) is 12.1 Å². The summed E-state index contributed by atoms with van der Waals surface area (Å²) in [6.07, 6.45) is 0. The van der Waals surface area contributed by atoms with Crippen LogP contribution in [0.2, 0.25) is 0 Å². The van der Waals surface area contributed by atoms with Crippen LogP contribution in [-0.4, -0.2) is 26.1 Å². The van der Waals surface area contributed by atoms with E-state index in [4.69, 9.17) is 4.74 Å². The first kappa shape index (κ1) is 18.6. The van der Waals surface area contributed by atoms with Crippen molar-refractivity contribution in [3.05, 3.63) is 65.0 Å². The zero-order valence-electron chi connectivity index (χ0n) is 15.9. The molecule has 0 fully saturated rings. The van der Waals surface area contributed by atoms with Gasteiger partial charge < -0.3 is 10.1 Å². The number of rotatable bonds is 6. The maximum Gasteiger partial charge on any atom is 0.255 e. The van der Waals surface area contributed by atoms with Crippen LogP contribution in [0.4, 0.5) is 5.69 Å². The molecule has 0 aliphatic carbocycles. The molecule has 27 heavy (non-hydrogen) atoms. The molecular weight excluding hydrogens is 342 g/mol. The van der Waals surface area contributed by atoms with Gasteiger partial charge in [-0.2, -0.15) is 0 Å². The number of anilines is 1. The zero-order chi connectivity index (χ0) is 19.4. The number of carbonyl (C=O) groups is 1. The Labute approximate surface area is 158 Å². The Bertz CT molecular complexity index is 932. The van der Waals surface area contributed by atoms with E-state index in [-0.39, 0.29) is 18.6 Å². The highest BCUT2D eigenvalue weighted by molar-refractivity contribution is 6.04. The van der Waals surface area contributed by atoms with E-state index < -0.39 is 0 Å². The third-order valence-electron chi connectivity index (χ3n) is 4.39. The van der Waals surface area contributed by atoms with Crippen LogP contribution in [0.1, 0.15) is 47.2 Å². The van der Waals surface area contributed by atoms with Gasteiger partial charge in [-0.05, 0) is 79.6 Å². The van der Waals surface area contributed by atoms with Gasteiger partial charge in [0.25, 0.3) is 5.91 Å². The van der Waals surface area contributed by atoms with Crippen molar-refractivity contribution in [2.45, 2.75) is 40.3 Å². The fraction of sp³-hybridized carbons (Fsp3) is 0.300. The Hall–Kier alpha value is -3.22. The Kier molecular flexibility index (Phi) is 5.49. The summed E-state index contributed by atoms with van der Waals surface area (Å²) in [5, 5.41) is 14.5. The number of nitrogens with zero attached hydrogens (tertiary/aromatic N) is 4. The van der Waals surface area contributed by atoms with Crippen LogP contribution >= 0.6 is 0 Å². The van der Waals surface area contributed by atoms with E-state index in [0.29, 0.717) is 17.1 Å². The Morgan fingerprint density at radius 1 is 1.15 bits per heavy atom. The van der Waals surface area contributed by atoms with E-state index in [1.54, 1.807) is 28.9 Å². The number of benzene rings is 2. The molecule has 1 aromatic heterocycles. The lowest BCUT2D eigenvalue weighted by atomic mass is 10.1. The molecule has 1 heterocycles. The van der Waals surface area contributed by atoms with Crippen LogP contribution in [0.25, 0.3) is 0 Å². The summed E-state index contributed by atoms with van der Waals surface area (Å²) < 4.78 is 7.45. The predicted molar refractivity (Wildman–Crippen MR) is 103 cm³/mol. The van der Waals surface area contributed by atoms with Crippen LogP contribution in [0, 0.1) is 13.8 Å².